The van der Waals surface area contributed by atoms with Crippen LogP contribution < -0.4 is 11.3 Å². The Bertz CT molecular complexity index is 2100. The number of aromatic nitrogens is 6. The summed E-state index contributed by atoms with van der Waals surface area (Å²) in [5, 5.41) is 8.11. The van der Waals surface area contributed by atoms with Crippen LogP contribution in [0.4, 0.5) is 4.39 Å². The number of nitrogens with zero attached hydrogens (tertiary/aromatic N) is 5. The third-order valence-corrected chi connectivity index (χ3v) is 8.12. The smallest absolute Gasteiger partial charge is 0.339 e. The molecule has 1 N–H and O–H groups in total. The summed E-state index contributed by atoms with van der Waals surface area (Å²) in [4.78, 5) is 37.4. The molecule has 6 aromatic rings. The van der Waals surface area contributed by atoms with Crippen LogP contribution in [0, 0.1) is 12.7 Å². The average molecular weight is 641 g/mol. The molecule has 0 fully saturated rings. The molecule has 46 heavy (non-hydrogen) atoms. The van der Waals surface area contributed by atoms with Gasteiger partial charge in [0, 0.05) is 40.2 Å². The van der Waals surface area contributed by atoms with E-state index in [0.717, 1.165) is 35.1 Å². The van der Waals surface area contributed by atoms with Gasteiger partial charge in [0.05, 0.1) is 13.0 Å². The van der Waals surface area contributed by atoms with Crippen LogP contribution in [0.5, 0.6) is 0 Å². The van der Waals surface area contributed by atoms with Crippen molar-refractivity contribution in [3.63, 3.8) is 0 Å². The molecule has 12 heteroatoms. The largest absolute Gasteiger partial charge is 0.439 e. The van der Waals surface area contributed by atoms with Crippen molar-refractivity contribution in [2.75, 3.05) is 0 Å². The van der Waals surface area contributed by atoms with Gasteiger partial charge in [-0.2, -0.15) is 4.98 Å². The molecule has 10 nitrogen and oxygen atoms in total. The first kappa shape index (κ1) is 30.8. The van der Waals surface area contributed by atoms with E-state index in [9.17, 15) is 14.0 Å². The summed E-state index contributed by atoms with van der Waals surface area (Å²) in [6.45, 7) is 4.22. The van der Waals surface area contributed by atoms with Crippen LogP contribution in [0.2, 0.25) is 5.02 Å². The van der Waals surface area contributed by atoms with Gasteiger partial charge in [-0.1, -0.05) is 89.9 Å². The zero-order valence-corrected chi connectivity index (χ0v) is 26.0. The highest BCUT2D eigenvalue weighted by Crippen LogP contribution is 2.30. The second kappa shape index (κ2) is 13.5. The van der Waals surface area contributed by atoms with Gasteiger partial charge in [-0.05, 0) is 42.2 Å². The first-order valence-electron chi connectivity index (χ1n) is 14.9. The molecule has 3 aromatic carbocycles. The van der Waals surface area contributed by atoms with Crippen LogP contribution in [-0.2, 0) is 25.8 Å². The topological polar surface area (TPSA) is 133 Å². The maximum absolute atomic E-state index is 14.3. The van der Waals surface area contributed by atoms with Crippen molar-refractivity contribution in [1.29, 1.82) is 0 Å². The first-order valence-corrected chi connectivity index (χ1v) is 15.3. The zero-order chi connectivity index (χ0) is 32.2. The molecule has 0 saturated heterocycles. The maximum atomic E-state index is 14.3. The van der Waals surface area contributed by atoms with Gasteiger partial charge in [0.2, 0.25) is 5.89 Å². The van der Waals surface area contributed by atoms with Gasteiger partial charge >= 0.3 is 5.76 Å². The van der Waals surface area contributed by atoms with Crippen molar-refractivity contribution in [2.45, 2.75) is 52.5 Å². The van der Waals surface area contributed by atoms with Gasteiger partial charge in [-0.3, -0.25) is 18.9 Å². The highest BCUT2D eigenvalue weighted by molar-refractivity contribution is 6.31. The van der Waals surface area contributed by atoms with Crippen LogP contribution in [0.25, 0.3) is 22.5 Å². The average Bonchev–Trinajstić information content (AvgIpc) is 3.70. The highest BCUT2D eigenvalue weighted by Gasteiger charge is 2.19. The predicted octanol–water partition coefficient (Wildman–Crippen LogP) is 6.31. The molecule has 0 bridgehead atoms. The molecule has 0 aliphatic heterocycles. The van der Waals surface area contributed by atoms with Crippen molar-refractivity contribution in [1.82, 2.24) is 29.8 Å². The number of hydrogen-bond acceptors (Lipinski definition) is 8. The van der Waals surface area contributed by atoms with E-state index in [-0.39, 0.29) is 40.7 Å². The van der Waals surface area contributed by atoms with Crippen LogP contribution in [-0.4, -0.2) is 29.8 Å². The first-order chi connectivity index (χ1) is 22.3. The maximum Gasteiger partial charge on any atom is 0.439 e. The van der Waals surface area contributed by atoms with Crippen LogP contribution >= 0.6 is 11.6 Å². The number of aromatic amines is 1. The van der Waals surface area contributed by atoms with E-state index < -0.39 is 11.6 Å². The molecule has 0 saturated carbocycles. The number of H-pyrrole nitrogens is 1. The Morgan fingerprint density at radius 1 is 0.891 bits per heavy atom. The highest BCUT2D eigenvalue weighted by atomic mass is 35.5. The molecular weight excluding hydrogens is 611 g/mol. The third kappa shape index (κ3) is 6.59. The molecule has 6 rings (SSSR count). The second-order valence-corrected chi connectivity index (χ2v) is 11.3. The number of rotatable bonds is 11. The van der Waals surface area contributed by atoms with E-state index in [2.05, 4.69) is 27.2 Å². The monoisotopic (exact) mass is 640 g/mol. The fraction of sp³-hybridized carbons (Fsp3) is 0.235. The van der Waals surface area contributed by atoms with Crippen LogP contribution in [0.15, 0.2) is 85.4 Å². The Labute approximate surface area is 267 Å². The van der Waals surface area contributed by atoms with Crippen LogP contribution in [0.3, 0.4) is 0 Å². The van der Waals surface area contributed by atoms with Gasteiger partial charge < -0.3 is 4.52 Å². The van der Waals surface area contributed by atoms with Gasteiger partial charge in [0.1, 0.15) is 11.6 Å². The second-order valence-electron chi connectivity index (χ2n) is 10.9. The molecule has 3 aromatic heterocycles. The molecular formula is C34H30ClFN6O4. The normalized spacial score (nSPS) is 11.3. The minimum absolute atomic E-state index is 0.0590. The van der Waals surface area contributed by atoms with Crippen molar-refractivity contribution in [3.8, 4) is 22.5 Å². The fourth-order valence-electron chi connectivity index (χ4n) is 5.35. The van der Waals surface area contributed by atoms with Crippen molar-refractivity contribution >= 4 is 11.6 Å². The Morgan fingerprint density at radius 3 is 2.39 bits per heavy atom. The number of benzene rings is 3. The number of halogens is 2. The lowest BCUT2D eigenvalue weighted by Gasteiger charge is -2.16. The molecule has 0 aliphatic carbocycles. The molecule has 0 radical (unpaired) electrons. The summed E-state index contributed by atoms with van der Waals surface area (Å²) in [5.41, 5.74) is 4.57. The van der Waals surface area contributed by atoms with Gasteiger partial charge in [-0.25, -0.2) is 14.2 Å². The van der Waals surface area contributed by atoms with Gasteiger partial charge in [-0.15, -0.1) is 0 Å². The predicted molar refractivity (Wildman–Crippen MR) is 170 cm³/mol. The minimum Gasteiger partial charge on any atom is -0.339 e. The lowest BCUT2D eigenvalue weighted by atomic mass is 9.98. The summed E-state index contributed by atoms with van der Waals surface area (Å²) in [7, 11) is 0. The summed E-state index contributed by atoms with van der Waals surface area (Å²) < 4.78 is 26.2. The lowest BCUT2D eigenvalue weighted by molar-refractivity contribution is 0.379. The van der Waals surface area contributed by atoms with Crippen molar-refractivity contribution in [3.05, 3.63) is 138 Å². The number of hydrogen-bond donors (Lipinski definition) is 1. The molecule has 234 valence electrons. The minimum atomic E-state index is -0.623. The van der Waals surface area contributed by atoms with Crippen molar-refractivity contribution < 1.29 is 13.4 Å². The summed E-state index contributed by atoms with van der Waals surface area (Å²) in [5.74, 6) is 0.478. The Morgan fingerprint density at radius 2 is 1.67 bits per heavy atom. The third-order valence-electron chi connectivity index (χ3n) is 7.77. The van der Waals surface area contributed by atoms with E-state index >= 15 is 0 Å². The molecule has 0 atom stereocenters. The van der Waals surface area contributed by atoms with E-state index in [4.69, 9.17) is 25.6 Å². The SMILES string of the molecule is CCCCc1nc(C)c(Cc2nc(Cc3c(F)cccc3Cl)no2)c(=O)n1Cc1ccc(-c2ccccc2-c2noc(=O)[nH]2)cc1. The van der Waals surface area contributed by atoms with E-state index in [0.29, 0.717) is 35.9 Å². The van der Waals surface area contributed by atoms with Crippen molar-refractivity contribution in [2.24, 2.45) is 0 Å². The standard InChI is InChI=1S/C34H30ClFN6O4/c1-3-4-12-30-37-20(2)25(18-31-38-29(40-45-31)17-26-27(35)10-7-11-28(26)36)33(43)42(30)19-21-13-15-22(16-14-21)23-8-5-6-9-24(23)32-39-34(44)46-41-32/h5-11,13-16H,3-4,12,17-19H2,1-2H3,(H,39,41,44). The molecule has 0 aliphatic rings. The molecule has 3 heterocycles. The Balaban J connectivity index is 1.28. The van der Waals surface area contributed by atoms with E-state index in [1.165, 1.54) is 12.1 Å². The molecule has 0 amide bonds. The van der Waals surface area contributed by atoms with Gasteiger partial charge in [0.15, 0.2) is 11.6 Å². The van der Waals surface area contributed by atoms with Gasteiger partial charge in [0.25, 0.3) is 5.56 Å². The number of unbranched alkanes of at least 4 members (excludes halogenated alkanes) is 1. The lowest BCUT2D eigenvalue weighted by Crippen LogP contribution is -2.30. The summed E-state index contributed by atoms with van der Waals surface area (Å²) >= 11 is 6.17. The Hall–Kier alpha value is -5.16. The summed E-state index contributed by atoms with van der Waals surface area (Å²) in [6.07, 6.45) is 2.64. The van der Waals surface area contributed by atoms with Crippen LogP contribution in [0.1, 0.15) is 59.7 Å². The number of nitrogens with one attached hydrogen (secondary N) is 1. The Kier molecular flexibility index (Phi) is 9.02. The molecule has 0 unspecified atom stereocenters. The quantitative estimate of drug-likeness (QED) is 0.174. The van der Waals surface area contributed by atoms with E-state index in [1.54, 1.807) is 17.6 Å². The summed E-state index contributed by atoms with van der Waals surface area (Å²) in [6, 6.07) is 19.9. The number of aryl methyl sites for hydroxylation is 2. The van der Waals surface area contributed by atoms with E-state index in [1.807, 2.05) is 48.5 Å². The fourth-order valence-corrected chi connectivity index (χ4v) is 5.58. The zero-order valence-electron chi connectivity index (χ0n) is 25.2. The molecule has 0 spiro atoms.